The molecule has 0 unspecified atom stereocenters. The van der Waals surface area contributed by atoms with Crippen LogP contribution in [0.3, 0.4) is 0 Å². The molecule has 0 aromatic heterocycles. The van der Waals surface area contributed by atoms with Crippen molar-refractivity contribution in [2.75, 3.05) is 17.3 Å². The Morgan fingerprint density at radius 1 is 1.43 bits per heavy atom. The SMILES string of the molecule is CCOC(=O)[C@H]([NH3+])CS[C@H]1CC(=O)N(c2ccc(I)cc2)C1=O. The lowest BCUT2D eigenvalue weighted by atomic mass is 10.3. The van der Waals surface area contributed by atoms with E-state index in [1.807, 2.05) is 12.1 Å². The maximum atomic E-state index is 12.5. The standard InChI is InChI=1S/C15H17IN2O4S/c1-2-22-15(21)11(17)8-23-12-7-13(19)18(14(12)20)10-5-3-9(16)4-6-10/h3-6,11-12H,2,7-8,17H2,1H3/p+1/t11-,12+/m1/s1. The Labute approximate surface area is 152 Å². The molecule has 1 heterocycles. The van der Waals surface area contributed by atoms with Crippen LogP contribution in [0.15, 0.2) is 24.3 Å². The van der Waals surface area contributed by atoms with Crippen molar-refractivity contribution in [1.29, 1.82) is 0 Å². The Hall–Kier alpha value is -1.13. The second-order valence-corrected chi connectivity index (χ2v) is 7.50. The highest BCUT2D eigenvalue weighted by Crippen LogP contribution is 2.30. The van der Waals surface area contributed by atoms with E-state index in [4.69, 9.17) is 4.74 Å². The summed E-state index contributed by atoms with van der Waals surface area (Å²) >= 11 is 3.45. The molecule has 1 aliphatic rings. The summed E-state index contributed by atoms with van der Waals surface area (Å²) in [6, 6.07) is 6.67. The molecule has 1 aromatic rings. The lowest BCUT2D eigenvalue weighted by Gasteiger charge is -2.15. The summed E-state index contributed by atoms with van der Waals surface area (Å²) < 4.78 is 5.92. The number of imide groups is 1. The Kier molecular flexibility index (Phi) is 6.42. The van der Waals surface area contributed by atoms with Gasteiger partial charge in [0.25, 0.3) is 0 Å². The van der Waals surface area contributed by atoms with Crippen molar-refractivity contribution in [3.8, 4) is 0 Å². The number of rotatable bonds is 6. The fourth-order valence-electron chi connectivity index (χ4n) is 2.16. The van der Waals surface area contributed by atoms with Crippen LogP contribution in [-0.4, -0.2) is 41.4 Å². The number of hydrogen-bond acceptors (Lipinski definition) is 5. The minimum atomic E-state index is -0.546. The average molecular weight is 449 g/mol. The molecule has 23 heavy (non-hydrogen) atoms. The summed E-state index contributed by atoms with van der Waals surface area (Å²) in [7, 11) is 0. The van der Waals surface area contributed by atoms with Gasteiger partial charge in [0.05, 0.1) is 23.3 Å². The normalized spacial score (nSPS) is 19.1. The van der Waals surface area contributed by atoms with Crippen molar-refractivity contribution < 1.29 is 24.9 Å². The summed E-state index contributed by atoms with van der Waals surface area (Å²) in [6.07, 6.45) is 0.144. The zero-order chi connectivity index (χ0) is 17.0. The summed E-state index contributed by atoms with van der Waals surface area (Å²) in [5.41, 5.74) is 4.33. The fourth-order valence-corrected chi connectivity index (χ4v) is 3.62. The molecular formula is C15H18IN2O4S+. The number of ether oxygens (including phenoxy) is 1. The zero-order valence-electron chi connectivity index (χ0n) is 12.7. The molecule has 2 amide bonds. The molecule has 0 aliphatic carbocycles. The Morgan fingerprint density at radius 3 is 2.70 bits per heavy atom. The molecule has 0 radical (unpaired) electrons. The van der Waals surface area contributed by atoms with E-state index < -0.39 is 11.3 Å². The predicted octanol–water partition coefficient (Wildman–Crippen LogP) is 0.830. The van der Waals surface area contributed by atoms with E-state index in [0.717, 1.165) is 3.57 Å². The third-order valence-corrected chi connectivity index (χ3v) is 5.39. The number of hydrogen-bond donors (Lipinski definition) is 1. The Bertz CT molecular complexity index is 608. The van der Waals surface area contributed by atoms with E-state index in [-0.39, 0.29) is 24.2 Å². The topological polar surface area (TPSA) is 91.3 Å². The maximum Gasteiger partial charge on any atom is 0.365 e. The third-order valence-electron chi connectivity index (χ3n) is 3.31. The van der Waals surface area contributed by atoms with Gasteiger partial charge < -0.3 is 10.5 Å². The number of amides is 2. The number of carbonyl (C=O) groups is 3. The molecule has 2 atom stereocenters. The van der Waals surface area contributed by atoms with Gasteiger partial charge in [-0.25, -0.2) is 9.69 Å². The van der Waals surface area contributed by atoms with E-state index in [9.17, 15) is 14.4 Å². The van der Waals surface area contributed by atoms with Crippen LogP contribution in [0.1, 0.15) is 13.3 Å². The lowest BCUT2D eigenvalue weighted by Crippen LogP contribution is -2.66. The first kappa shape index (κ1) is 18.2. The van der Waals surface area contributed by atoms with Gasteiger partial charge in [0, 0.05) is 9.99 Å². The average Bonchev–Trinajstić information content (AvgIpc) is 2.80. The van der Waals surface area contributed by atoms with Gasteiger partial charge in [-0.1, -0.05) is 0 Å². The predicted molar refractivity (Wildman–Crippen MR) is 95.8 cm³/mol. The Balaban J connectivity index is 1.98. The van der Waals surface area contributed by atoms with Crippen LogP contribution < -0.4 is 10.6 Å². The molecule has 2 rings (SSSR count). The minimum absolute atomic E-state index is 0.144. The highest BCUT2D eigenvalue weighted by atomic mass is 127. The molecule has 0 bridgehead atoms. The highest BCUT2D eigenvalue weighted by Gasteiger charge is 2.40. The monoisotopic (exact) mass is 449 g/mol. The quantitative estimate of drug-likeness (QED) is 0.395. The highest BCUT2D eigenvalue weighted by molar-refractivity contribution is 14.1. The second-order valence-electron chi connectivity index (χ2n) is 5.02. The van der Waals surface area contributed by atoms with Crippen molar-refractivity contribution in [2.24, 2.45) is 0 Å². The largest absolute Gasteiger partial charge is 0.462 e. The molecule has 8 heteroatoms. The molecule has 0 spiro atoms. The number of thioether (sulfide) groups is 1. The van der Waals surface area contributed by atoms with Gasteiger partial charge in [-0.3, -0.25) is 9.59 Å². The number of esters is 1. The van der Waals surface area contributed by atoms with Crippen molar-refractivity contribution >= 4 is 57.8 Å². The van der Waals surface area contributed by atoms with E-state index in [2.05, 4.69) is 28.3 Å². The summed E-state index contributed by atoms with van der Waals surface area (Å²) in [4.78, 5) is 37.4. The molecule has 1 fully saturated rings. The number of carbonyl (C=O) groups excluding carboxylic acids is 3. The van der Waals surface area contributed by atoms with Crippen molar-refractivity contribution in [3.63, 3.8) is 0 Å². The van der Waals surface area contributed by atoms with Crippen LogP contribution >= 0.6 is 34.4 Å². The van der Waals surface area contributed by atoms with Crippen LogP contribution in [0, 0.1) is 3.57 Å². The molecule has 0 saturated carbocycles. The summed E-state index contributed by atoms with van der Waals surface area (Å²) in [5, 5.41) is -0.472. The first-order valence-corrected chi connectivity index (χ1v) is 9.30. The fraction of sp³-hybridized carbons (Fsp3) is 0.400. The number of halogens is 1. The van der Waals surface area contributed by atoms with Crippen molar-refractivity contribution in [2.45, 2.75) is 24.6 Å². The van der Waals surface area contributed by atoms with Gasteiger partial charge in [0.15, 0.2) is 6.04 Å². The molecule has 1 saturated heterocycles. The number of nitrogens with zero attached hydrogens (tertiary/aromatic N) is 1. The minimum Gasteiger partial charge on any atom is -0.462 e. The zero-order valence-corrected chi connectivity index (χ0v) is 15.6. The molecule has 1 aliphatic heterocycles. The van der Waals surface area contributed by atoms with E-state index >= 15 is 0 Å². The van der Waals surface area contributed by atoms with Gasteiger partial charge in [-0.2, -0.15) is 0 Å². The van der Waals surface area contributed by atoms with Crippen molar-refractivity contribution in [3.05, 3.63) is 27.8 Å². The van der Waals surface area contributed by atoms with Crippen LogP contribution in [0.2, 0.25) is 0 Å². The summed E-state index contributed by atoms with van der Waals surface area (Å²) in [5.74, 6) is -0.489. The molecule has 124 valence electrons. The molecule has 3 N–H and O–H groups in total. The third kappa shape index (κ3) is 4.45. The van der Waals surface area contributed by atoms with Crippen LogP contribution in [0.4, 0.5) is 5.69 Å². The van der Waals surface area contributed by atoms with E-state index in [1.54, 1.807) is 19.1 Å². The smallest absolute Gasteiger partial charge is 0.365 e. The van der Waals surface area contributed by atoms with Gasteiger partial charge in [0.2, 0.25) is 11.8 Å². The lowest BCUT2D eigenvalue weighted by molar-refractivity contribution is -0.401. The molecular weight excluding hydrogens is 431 g/mol. The van der Waals surface area contributed by atoms with Gasteiger partial charge in [0.1, 0.15) is 0 Å². The van der Waals surface area contributed by atoms with Gasteiger partial charge in [-0.15, -0.1) is 11.8 Å². The van der Waals surface area contributed by atoms with Crippen LogP contribution in [0.5, 0.6) is 0 Å². The molecule has 1 aromatic carbocycles. The molecule has 6 nitrogen and oxygen atoms in total. The van der Waals surface area contributed by atoms with Gasteiger partial charge in [-0.05, 0) is 53.8 Å². The van der Waals surface area contributed by atoms with Gasteiger partial charge >= 0.3 is 5.97 Å². The van der Waals surface area contributed by atoms with Crippen LogP contribution in [0.25, 0.3) is 0 Å². The Morgan fingerprint density at radius 2 is 2.09 bits per heavy atom. The summed E-state index contributed by atoms with van der Waals surface area (Å²) in [6.45, 7) is 2.03. The van der Waals surface area contributed by atoms with Crippen molar-refractivity contribution in [1.82, 2.24) is 0 Å². The first-order chi connectivity index (χ1) is 10.9. The number of benzene rings is 1. The number of quaternary nitrogens is 1. The van der Waals surface area contributed by atoms with E-state index in [0.29, 0.717) is 18.0 Å². The maximum absolute atomic E-state index is 12.5. The second kappa shape index (κ2) is 8.11. The number of anilines is 1. The first-order valence-electron chi connectivity index (χ1n) is 7.17. The van der Waals surface area contributed by atoms with E-state index in [1.165, 1.54) is 16.7 Å². The van der Waals surface area contributed by atoms with Crippen LogP contribution in [-0.2, 0) is 19.1 Å².